The number of hydrogen-bond acceptors (Lipinski definition) is 5. The summed E-state index contributed by atoms with van der Waals surface area (Å²) in [5.41, 5.74) is -1.50. The van der Waals surface area contributed by atoms with Crippen LogP contribution in [0, 0.1) is 0 Å². The Bertz CT molecular complexity index is 944. The van der Waals surface area contributed by atoms with Crippen molar-refractivity contribution in [2.24, 2.45) is 0 Å². The van der Waals surface area contributed by atoms with E-state index < -0.39 is 23.3 Å². The van der Waals surface area contributed by atoms with Crippen molar-refractivity contribution in [2.75, 3.05) is 5.32 Å². The van der Waals surface area contributed by atoms with Gasteiger partial charge in [0, 0.05) is 6.20 Å². The molecule has 1 heterocycles. The molecule has 0 amide bonds. The highest BCUT2D eigenvalue weighted by Crippen LogP contribution is 2.36. The van der Waals surface area contributed by atoms with Crippen molar-refractivity contribution in [2.45, 2.75) is 6.18 Å². The molecule has 5 nitrogen and oxygen atoms in total. The average molecular weight is 433 g/mol. The van der Waals surface area contributed by atoms with Crippen molar-refractivity contribution >= 4 is 44.8 Å². The molecule has 0 fully saturated rings. The van der Waals surface area contributed by atoms with Crippen molar-refractivity contribution in [1.82, 2.24) is 9.97 Å². The van der Waals surface area contributed by atoms with Gasteiger partial charge in [-0.2, -0.15) is 13.2 Å². The molecule has 1 N–H and O–H groups in total. The number of ketones is 2. The average Bonchev–Trinajstić information content (AvgIpc) is 2.57. The van der Waals surface area contributed by atoms with E-state index in [4.69, 9.17) is 11.6 Å². The maximum Gasteiger partial charge on any atom is 0.416 e. The molecule has 3 rings (SSSR count). The predicted molar refractivity (Wildman–Crippen MR) is 86.7 cm³/mol. The van der Waals surface area contributed by atoms with Crippen LogP contribution in [-0.2, 0) is 6.18 Å². The zero-order valence-corrected chi connectivity index (χ0v) is 14.3. The van der Waals surface area contributed by atoms with Gasteiger partial charge in [0.05, 0.1) is 26.3 Å². The SMILES string of the molecule is O=C1C(Nc2cc(C(F)(F)F)ccc2Cl)=C(Br)C(=O)c2ncncc21. The number of fused-ring (bicyclic) bond motifs is 1. The van der Waals surface area contributed by atoms with Gasteiger partial charge in [0.2, 0.25) is 11.6 Å². The molecule has 2 aromatic rings. The van der Waals surface area contributed by atoms with Gasteiger partial charge in [0.1, 0.15) is 17.7 Å². The van der Waals surface area contributed by atoms with Crippen LogP contribution < -0.4 is 5.32 Å². The van der Waals surface area contributed by atoms with Crippen LogP contribution in [0.3, 0.4) is 0 Å². The Morgan fingerprint density at radius 1 is 1.16 bits per heavy atom. The van der Waals surface area contributed by atoms with Crippen LogP contribution in [0.4, 0.5) is 18.9 Å². The number of rotatable bonds is 2. The lowest BCUT2D eigenvalue weighted by Crippen LogP contribution is -2.25. The topological polar surface area (TPSA) is 72.0 Å². The first-order valence-electron chi connectivity index (χ1n) is 6.63. The highest BCUT2D eigenvalue weighted by atomic mass is 79.9. The largest absolute Gasteiger partial charge is 0.416 e. The number of benzene rings is 1. The molecule has 1 aromatic carbocycles. The molecule has 1 aliphatic rings. The number of allylic oxidation sites excluding steroid dienone is 2. The number of nitrogens with one attached hydrogen (secondary N) is 1. The van der Waals surface area contributed by atoms with E-state index in [0.29, 0.717) is 0 Å². The molecule has 0 saturated heterocycles. The summed E-state index contributed by atoms with van der Waals surface area (Å²) in [7, 11) is 0. The second-order valence-electron chi connectivity index (χ2n) is 4.95. The zero-order valence-electron chi connectivity index (χ0n) is 12.0. The quantitative estimate of drug-likeness (QED) is 0.768. The summed E-state index contributed by atoms with van der Waals surface area (Å²) in [5.74, 6) is -1.24. The number of carbonyl (C=O) groups excluding carboxylic acids is 2. The normalized spacial score (nSPS) is 14.6. The van der Waals surface area contributed by atoms with Gasteiger partial charge in [-0.25, -0.2) is 9.97 Å². The molecule has 1 aliphatic carbocycles. The third-order valence-corrected chi connectivity index (χ3v) is 4.46. The minimum atomic E-state index is -4.58. The van der Waals surface area contributed by atoms with Crippen molar-refractivity contribution < 1.29 is 22.8 Å². The Labute approximate surface area is 152 Å². The highest BCUT2D eigenvalue weighted by molar-refractivity contribution is 9.12. The van der Waals surface area contributed by atoms with Crippen molar-refractivity contribution in [3.63, 3.8) is 0 Å². The van der Waals surface area contributed by atoms with E-state index in [2.05, 4.69) is 31.2 Å². The van der Waals surface area contributed by atoms with E-state index in [0.717, 1.165) is 30.7 Å². The number of halogens is 5. The van der Waals surface area contributed by atoms with Gasteiger partial charge in [0.15, 0.2) is 0 Å². The van der Waals surface area contributed by atoms with Crippen LogP contribution in [0.15, 0.2) is 40.9 Å². The Hall–Kier alpha value is -2.26. The van der Waals surface area contributed by atoms with Crippen molar-refractivity contribution in [1.29, 1.82) is 0 Å². The highest BCUT2D eigenvalue weighted by Gasteiger charge is 2.34. The van der Waals surface area contributed by atoms with Gasteiger partial charge in [-0.1, -0.05) is 11.6 Å². The molecule has 0 spiro atoms. The number of carbonyl (C=O) groups is 2. The molecule has 1 aromatic heterocycles. The molecular formula is C15H6BrClF3N3O2. The minimum Gasteiger partial charge on any atom is -0.350 e. The Morgan fingerprint density at radius 3 is 2.56 bits per heavy atom. The van der Waals surface area contributed by atoms with Gasteiger partial charge in [-0.15, -0.1) is 0 Å². The van der Waals surface area contributed by atoms with Crippen LogP contribution in [-0.4, -0.2) is 21.5 Å². The molecule has 25 heavy (non-hydrogen) atoms. The fourth-order valence-electron chi connectivity index (χ4n) is 2.17. The number of hydrogen-bond donors (Lipinski definition) is 1. The standard InChI is InChI=1S/C15H6BrClF3N3O2/c16-10-12(13(24)7-4-21-5-22-11(7)14(10)25)23-9-3-6(15(18,19)20)1-2-8(9)17/h1-5,23H. The van der Waals surface area contributed by atoms with Crippen LogP contribution in [0.1, 0.15) is 26.4 Å². The molecule has 0 aliphatic heterocycles. The number of Topliss-reactive ketones (excluding diaryl/α,β-unsaturated/α-hetero) is 2. The third-order valence-electron chi connectivity index (χ3n) is 3.37. The molecule has 128 valence electrons. The molecule has 0 saturated carbocycles. The summed E-state index contributed by atoms with van der Waals surface area (Å²) in [6.45, 7) is 0. The first kappa shape index (κ1) is 17.6. The lowest BCUT2D eigenvalue weighted by molar-refractivity contribution is -0.137. The first-order chi connectivity index (χ1) is 11.7. The summed E-state index contributed by atoms with van der Waals surface area (Å²) in [6, 6.07) is 2.62. The fourth-order valence-corrected chi connectivity index (χ4v) is 2.80. The lowest BCUT2D eigenvalue weighted by Gasteiger charge is -2.19. The first-order valence-corrected chi connectivity index (χ1v) is 7.80. The maximum absolute atomic E-state index is 12.9. The van der Waals surface area contributed by atoms with Gasteiger partial charge in [-0.3, -0.25) is 9.59 Å². The molecule has 0 unspecified atom stereocenters. The van der Waals surface area contributed by atoms with E-state index in [1.54, 1.807) is 0 Å². The van der Waals surface area contributed by atoms with Crippen LogP contribution in [0.5, 0.6) is 0 Å². The smallest absolute Gasteiger partial charge is 0.350 e. The van der Waals surface area contributed by atoms with Crippen LogP contribution in [0.2, 0.25) is 5.02 Å². The van der Waals surface area contributed by atoms with E-state index in [9.17, 15) is 22.8 Å². The van der Waals surface area contributed by atoms with Crippen LogP contribution in [0.25, 0.3) is 0 Å². The summed E-state index contributed by atoms with van der Waals surface area (Å²) < 4.78 is 38.4. The zero-order chi connectivity index (χ0) is 18.4. The van der Waals surface area contributed by atoms with Gasteiger partial charge in [0.25, 0.3) is 0 Å². The molecule has 10 heteroatoms. The van der Waals surface area contributed by atoms with Crippen LogP contribution >= 0.6 is 27.5 Å². The van der Waals surface area contributed by atoms with Gasteiger partial charge in [-0.05, 0) is 34.1 Å². The van der Waals surface area contributed by atoms with Gasteiger partial charge < -0.3 is 5.32 Å². The third kappa shape index (κ3) is 3.16. The monoisotopic (exact) mass is 431 g/mol. The second kappa shape index (κ2) is 6.23. The summed E-state index contributed by atoms with van der Waals surface area (Å²) >= 11 is 8.90. The molecule has 0 bridgehead atoms. The molecule has 0 radical (unpaired) electrons. The van der Waals surface area contributed by atoms with E-state index in [1.165, 1.54) is 0 Å². The Balaban J connectivity index is 2.05. The molecular weight excluding hydrogens is 427 g/mol. The minimum absolute atomic E-state index is 0.0452. The summed E-state index contributed by atoms with van der Waals surface area (Å²) in [4.78, 5) is 32.2. The Morgan fingerprint density at radius 2 is 1.88 bits per heavy atom. The number of alkyl halides is 3. The molecule has 0 atom stereocenters. The number of aromatic nitrogens is 2. The maximum atomic E-state index is 12.9. The van der Waals surface area contributed by atoms with Crippen molar-refractivity contribution in [3.8, 4) is 0 Å². The summed E-state index contributed by atoms with van der Waals surface area (Å²) in [5, 5.41) is 2.46. The predicted octanol–water partition coefficient (Wildman–Crippen LogP) is 4.25. The van der Waals surface area contributed by atoms with Gasteiger partial charge >= 0.3 is 6.18 Å². The van der Waals surface area contributed by atoms with E-state index >= 15 is 0 Å². The van der Waals surface area contributed by atoms with E-state index in [1.807, 2.05) is 0 Å². The fraction of sp³-hybridized carbons (Fsp3) is 0.0667. The van der Waals surface area contributed by atoms with E-state index in [-0.39, 0.29) is 32.1 Å². The lowest BCUT2D eigenvalue weighted by atomic mass is 9.98. The second-order valence-corrected chi connectivity index (χ2v) is 6.15. The Kier molecular flexibility index (Phi) is 4.38. The van der Waals surface area contributed by atoms with Crippen molar-refractivity contribution in [3.05, 3.63) is 62.7 Å². The summed E-state index contributed by atoms with van der Waals surface area (Å²) in [6.07, 6.45) is -2.30. The number of nitrogens with zero attached hydrogens (tertiary/aromatic N) is 2. The number of anilines is 1.